The molecule has 1 N–H and O–H groups in total. The Labute approximate surface area is 126 Å². The Kier molecular flexibility index (Phi) is 4.07. The van der Waals surface area contributed by atoms with Gasteiger partial charge in [0.15, 0.2) is 0 Å². The number of anilines is 1. The molecule has 0 saturated carbocycles. The van der Waals surface area contributed by atoms with E-state index < -0.39 is 0 Å². The molecule has 0 aromatic carbocycles. The number of rotatable bonds is 5. The van der Waals surface area contributed by atoms with Gasteiger partial charge in [0.2, 0.25) is 5.88 Å². The van der Waals surface area contributed by atoms with E-state index in [1.807, 2.05) is 35.7 Å². The molecule has 0 saturated heterocycles. The summed E-state index contributed by atoms with van der Waals surface area (Å²) >= 11 is 1.59. The maximum atomic E-state index is 5.21. The fourth-order valence-electron chi connectivity index (χ4n) is 1.87. The van der Waals surface area contributed by atoms with Crippen molar-refractivity contribution < 1.29 is 4.74 Å². The summed E-state index contributed by atoms with van der Waals surface area (Å²) in [5.74, 6) is 0.581. The molecule has 0 fully saturated rings. The molecule has 3 aromatic rings. The van der Waals surface area contributed by atoms with Crippen LogP contribution >= 0.6 is 11.3 Å². The van der Waals surface area contributed by atoms with E-state index in [2.05, 4.69) is 20.3 Å². The van der Waals surface area contributed by atoms with E-state index in [9.17, 15) is 0 Å². The Balaban J connectivity index is 1.71. The SMILES string of the molecule is COc1ncccc1NCc1csc(-c2ccccn2)n1. The van der Waals surface area contributed by atoms with Crippen LogP contribution in [-0.2, 0) is 6.54 Å². The number of thiazole rings is 1. The molecule has 0 aliphatic carbocycles. The lowest BCUT2D eigenvalue weighted by molar-refractivity contribution is 0.399. The molecule has 6 heteroatoms. The van der Waals surface area contributed by atoms with Gasteiger partial charge in [-0.2, -0.15) is 0 Å². The van der Waals surface area contributed by atoms with Crippen LogP contribution in [0.2, 0.25) is 0 Å². The zero-order chi connectivity index (χ0) is 14.5. The summed E-state index contributed by atoms with van der Waals surface area (Å²) in [5.41, 5.74) is 2.71. The van der Waals surface area contributed by atoms with Crippen molar-refractivity contribution in [1.82, 2.24) is 15.0 Å². The molecule has 3 aromatic heterocycles. The van der Waals surface area contributed by atoms with E-state index in [0.29, 0.717) is 12.4 Å². The van der Waals surface area contributed by atoms with Gasteiger partial charge in [-0.25, -0.2) is 9.97 Å². The summed E-state index contributed by atoms with van der Waals surface area (Å²) in [6.07, 6.45) is 3.47. The average Bonchev–Trinajstić information content (AvgIpc) is 3.03. The second-order valence-corrected chi connectivity index (χ2v) is 5.13. The van der Waals surface area contributed by atoms with Crippen molar-refractivity contribution in [3.63, 3.8) is 0 Å². The molecule has 5 nitrogen and oxygen atoms in total. The quantitative estimate of drug-likeness (QED) is 0.783. The molecule has 0 radical (unpaired) electrons. The van der Waals surface area contributed by atoms with Crippen LogP contribution in [0.5, 0.6) is 5.88 Å². The second-order valence-electron chi connectivity index (χ2n) is 4.27. The van der Waals surface area contributed by atoms with Crippen LogP contribution in [-0.4, -0.2) is 22.1 Å². The van der Waals surface area contributed by atoms with Gasteiger partial charge in [0.25, 0.3) is 0 Å². The van der Waals surface area contributed by atoms with Crippen molar-refractivity contribution in [2.45, 2.75) is 6.54 Å². The van der Waals surface area contributed by atoms with Gasteiger partial charge in [0.1, 0.15) is 5.01 Å². The van der Waals surface area contributed by atoms with E-state index in [1.54, 1.807) is 30.8 Å². The van der Waals surface area contributed by atoms with Crippen molar-refractivity contribution in [2.75, 3.05) is 12.4 Å². The summed E-state index contributed by atoms with van der Waals surface area (Å²) in [7, 11) is 1.61. The average molecular weight is 298 g/mol. The maximum absolute atomic E-state index is 5.21. The number of methoxy groups -OCH3 is 1. The van der Waals surface area contributed by atoms with Crippen LogP contribution in [0.4, 0.5) is 5.69 Å². The summed E-state index contributed by atoms with van der Waals surface area (Å²) in [5, 5.41) is 6.23. The third kappa shape index (κ3) is 3.17. The molecule has 0 bridgehead atoms. The lowest BCUT2D eigenvalue weighted by Crippen LogP contribution is -2.02. The van der Waals surface area contributed by atoms with Gasteiger partial charge in [-0.1, -0.05) is 6.07 Å². The molecule has 0 unspecified atom stereocenters. The first-order chi connectivity index (χ1) is 10.4. The smallest absolute Gasteiger partial charge is 0.237 e. The minimum atomic E-state index is 0.581. The molecular weight excluding hydrogens is 284 g/mol. The number of aromatic nitrogens is 3. The van der Waals surface area contributed by atoms with Crippen LogP contribution in [0.15, 0.2) is 48.1 Å². The Morgan fingerprint density at radius 1 is 1.14 bits per heavy atom. The molecule has 3 heterocycles. The van der Waals surface area contributed by atoms with E-state index in [0.717, 1.165) is 22.1 Å². The van der Waals surface area contributed by atoms with Gasteiger partial charge in [0, 0.05) is 17.8 Å². The Morgan fingerprint density at radius 2 is 2.05 bits per heavy atom. The fraction of sp³-hybridized carbons (Fsp3) is 0.133. The first-order valence-corrected chi connectivity index (χ1v) is 7.33. The number of nitrogens with zero attached hydrogens (tertiary/aromatic N) is 3. The monoisotopic (exact) mass is 298 g/mol. The first kappa shape index (κ1) is 13.5. The maximum Gasteiger partial charge on any atom is 0.237 e. The molecular formula is C15H14N4OS. The minimum Gasteiger partial charge on any atom is -0.480 e. The van der Waals surface area contributed by atoms with Crippen LogP contribution in [0.25, 0.3) is 10.7 Å². The second kappa shape index (κ2) is 6.32. The summed E-state index contributed by atoms with van der Waals surface area (Å²) in [6.45, 7) is 0.616. The van der Waals surface area contributed by atoms with Crippen LogP contribution in [0.3, 0.4) is 0 Å². The van der Waals surface area contributed by atoms with Crippen LogP contribution in [0, 0.1) is 0 Å². The Morgan fingerprint density at radius 3 is 2.86 bits per heavy atom. The zero-order valence-electron chi connectivity index (χ0n) is 11.5. The minimum absolute atomic E-state index is 0.581. The van der Waals surface area contributed by atoms with Gasteiger partial charge in [-0.15, -0.1) is 11.3 Å². The van der Waals surface area contributed by atoms with Crippen molar-refractivity contribution in [3.8, 4) is 16.6 Å². The lowest BCUT2D eigenvalue weighted by Gasteiger charge is -2.08. The number of ether oxygens (including phenoxy) is 1. The third-order valence-corrected chi connectivity index (χ3v) is 3.77. The van der Waals surface area contributed by atoms with Crippen LogP contribution < -0.4 is 10.1 Å². The number of nitrogens with one attached hydrogen (secondary N) is 1. The highest BCUT2D eigenvalue weighted by Gasteiger charge is 2.07. The standard InChI is InChI=1S/C15H14N4OS/c1-20-14-12(6-4-8-17-14)18-9-11-10-21-15(19-11)13-5-2-3-7-16-13/h2-8,10,18H,9H2,1H3. The highest BCUT2D eigenvalue weighted by molar-refractivity contribution is 7.13. The summed E-state index contributed by atoms with van der Waals surface area (Å²) in [6, 6.07) is 9.61. The molecule has 0 amide bonds. The normalized spacial score (nSPS) is 10.3. The van der Waals surface area contributed by atoms with E-state index in [1.165, 1.54) is 0 Å². The molecule has 0 spiro atoms. The van der Waals surface area contributed by atoms with Gasteiger partial charge < -0.3 is 10.1 Å². The van der Waals surface area contributed by atoms with Crippen LogP contribution in [0.1, 0.15) is 5.69 Å². The first-order valence-electron chi connectivity index (χ1n) is 6.45. The predicted octanol–water partition coefficient (Wildman–Crippen LogP) is 3.22. The molecule has 106 valence electrons. The highest BCUT2D eigenvalue weighted by Crippen LogP contribution is 2.23. The van der Waals surface area contributed by atoms with Crippen molar-refractivity contribution in [2.24, 2.45) is 0 Å². The van der Waals surface area contributed by atoms with Crippen molar-refractivity contribution in [1.29, 1.82) is 0 Å². The van der Waals surface area contributed by atoms with E-state index in [4.69, 9.17) is 4.74 Å². The van der Waals surface area contributed by atoms with Crippen molar-refractivity contribution in [3.05, 3.63) is 53.8 Å². The molecule has 3 rings (SSSR count). The lowest BCUT2D eigenvalue weighted by atomic mass is 10.3. The molecule has 0 aliphatic rings. The van der Waals surface area contributed by atoms with Gasteiger partial charge in [0.05, 0.1) is 30.7 Å². The number of hydrogen-bond donors (Lipinski definition) is 1. The van der Waals surface area contributed by atoms with Gasteiger partial charge in [-0.05, 0) is 24.3 Å². The number of hydrogen-bond acceptors (Lipinski definition) is 6. The summed E-state index contributed by atoms with van der Waals surface area (Å²) in [4.78, 5) is 13.0. The molecule has 0 aliphatic heterocycles. The summed E-state index contributed by atoms with van der Waals surface area (Å²) < 4.78 is 5.21. The van der Waals surface area contributed by atoms with E-state index >= 15 is 0 Å². The topological polar surface area (TPSA) is 59.9 Å². The van der Waals surface area contributed by atoms with Gasteiger partial charge >= 0.3 is 0 Å². The molecule has 0 atom stereocenters. The largest absolute Gasteiger partial charge is 0.480 e. The van der Waals surface area contributed by atoms with Crippen molar-refractivity contribution >= 4 is 17.0 Å². The zero-order valence-corrected chi connectivity index (χ0v) is 12.3. The Bertz CT molecular complexity index is 714. The van der Waals surface area contributed by atoms with Gasteiger partial charge in [-0.3, -0.25) is 4.98 Å². The van der Waals surface area contributed by atoms with E-state index in [-0.39, 0.29) is 0 Å². The fourth-order valence-corrected chi connectivity index (χ4v) is 2.66. The highest BCUT2D eigenvalue weighted by atomic mass is 32.1. The third-order valence-electron chi connectivity index (χ3n) is 2.86. The predicted molar refractivity (Wildman–Crippen MR) is 83.5 cm³/mol. The number of pyridine rings is 2. The Hall–Kier alpha value is -2.47. The molecule has 21 heavy (non-hydrogen) atoms.